The van der Waals surface area contributed by atoms with Crippen LogP contribution in [0.5, 0.6) is 0 Å². The Balaban J connectivity index is 2.60. The third kappa shape index (κ3) is 10.8. The summed E-state index contributed by atoms with van der Waals surface area (Å²) in [5, 5.41) is 7.66. The number of alkyl carbamates (subject to hydrolysis) is 1. The first-order valence-corrected chi connectivity index (χ1v) is 10.7. The highest BCUT2D eigenvalue weighted by atomic mass is 16.5. The van der Waals surface area contributed by atoms with E-state index in [0.717, 1.165) is 5.56 Å². The van der Waals surface area contributed by atoms with Crippen LogP contribution in [0.15, 0.2) is 30.3 Å². The Hall–Kier alpha value is -3.10. The van der Waals surface area contributed by atoms with Gasteiger partial charge in [-0.3, -0.25) is 9.59 Å². The molecule has 0 fully saturated rings. The Kier molecular flexibility index (Phi) is 11.8. The summed E-state index contributed by atoms with van der Waals surface area (Å²) < 4.78 is 9.84. The lowest BCUT2D eigenvalue weighted by Crippen LogP contribution is -2.53. The molecule has 0 aromatic heterocycles. The van der Waals surface area contributed by atoms with Crippen LogP contribution in [0.4, 0.5) is 4.79 Å². The molecule has 0 saturated carbocycles. The first-order chi connectivity index (χ1) is 15.1. The molecule has 0 unspecified atom stereocenters. The third-order valence-electron chi connectivity index (χ3n) is 4.47. The zero-order valence-electron chi connectivity index (χ0n) is 19.5. The van der Waals surface area contributed by atoms with Gasteiger partial charge in [-0.05, 0) is 30.2 Å². The van der Waals surface area contributed by atoms with Crippen LogP contribution in [-0.4, -0.2) is 49.6 Å². The zero-order chi connectivity index (χ0) is 24.1. The molecule has 0 aliphatic heterocycles. The van der Waals surface area contributed by atoms with E-state index < -0.39 is 36.0 Å². The van der Waals surface area contributed by atoms with E-state index >= 15 is 0 Å². The molecule has 32 heavy (non-hydrogen) atoms. The van der Waals surface area contributed by atoms with Gasteiger partial charge in [0, 0.05) is 0 Å². The molecule has 2 atom stereocenters. The number of benzene rings is 1. The minimum Gasteiger partial charge on any atom is -0.467 e. The second-order valence-corrected chi connectivity index (χ2v) is 8.38. The average Bonchev–Trinajstić information content (AvgIpc) is 2.74. The van der Waals surface area contributed by atoms with Gasteiger partial charge < -0.3 is 25.4 Å². The molecule has 1 aromatic carbocycles. The number of methoxy groups -OCH3 is 1. The molecule has 9 heteroatoms. The lowest BCUT2D eigenvalue weighted by Gasteiger charge is -2.24. The van der Waals surface area contributed by atoms with Crippen molar-refractivity contribution >= 4 is 23.9 Å². The van der Waals surface area contributed by atoms with Crippen molar-refractivity contribution in [2.75, 3.05) is 13.7 Å². The molecule has 0 radical (unpaired) electrons. The number of rotatable bonds is 12. The van der Waals surface area contributed by atoms with Crippen molar-refractivity contribution in [2.45, 2.75) is 59.2 Å². The second-order valence-electron chi connectivity index (χ2n) is 8.38. The smallest absolute Gasteiger partial charge is 0.407 e. The Morgan fingerprint density at radius 1 is 0.875 bits per heavy atom. The maximum atomic E-state index is 12.8. The SMILES string of the molecule is COC(=O)[C@H](CC(C)C)NC(=O)[C@H](CC(C)C)NC(=O)CNC(=O)OCc1ccccc1. The van der Waals surface area contributed by atoms with Crippen molar-refractivity contribution in [1.29, 1.82) is 0 Å². The molecule has 3 amide bonds. The van der Waals surface area contributed by atoms with E-state index in [4.69, 9.17) is 9.47 Å². The molecule has 0 bridgehead atoms. The summed E-state index contributed by atoms with van der Waals surface area (Å²) in [5.41, 5.74) is 0.822. The molecule has 178 valence electrons. The summed E-state index contributed by atoms with van der Waals surface area (Å²) >= 11 is 0. The molecule has 0 spiro atoms. The number of hydrogen-bond acceptors (Lipinski definition) is 6. The molecule has 0 saturated heterocycles. The van der Waals surface area contributed by atoms with E-state index in [2.05, 4.69) is 16.0 Å². The minimum atomic E-state index is -0.857. The molecule has 3 N–H and O–H groups in total. The summed E-state index contributed by atoms with van der Waals surface area (Å²) in [6, 6.07) is 7.49. The van der Waals surface area contributed by atoms with Gasteiger partial charge in [0.1, 0.15) is 25.2 Å². The van der Waals surface area contributed by atoms with Gasteiger partial charge in [-0.2, -0.15) is 0 Å². The van der Waals surface area contributed by atoms with Crippen LogP contribution >= 0.6 is 0 Å². The van der Waals surface area contributed by atoms with E-state index in [-0.39, 0.29) is 25.0 Å². The Bertz CT molecular complexity index is 751. The van der Waals surface area contributed by atoms with Gasteiger partial charge in [0.25, 0.3) is 0 Å². The van der Waals surface area contributed by atoms with Crippen LogP contribution in [-0.2, 0) is 30.5 Å². The second kappa shape index (κ2) is 14.1. The maximum Gasteiger partial charge on any atom is 0.407 e. The number of hydrogen-bond donors (Lipinski definition) is 3. The van der Waals surface area contributed by atoms with Crippen LogP contribution in [0.3, 0.4) is 0 Å². The average molecular weight is 450 g/mol. The van der Waals surface area contributed by atoms with Crippen molar-refractivity contribution < 1.29 is 28.7 Å². The fraction of sp³-hybridized carbons (Fsp3) is 0.565. The lowest BCUT2D eigenvalue weighted by atomic mass is 10.0. The number of carbonyl (C=O) groups excluding carboxylic acids is 4. The predicted molar refractivity (Wildman–Crippen MR) is 119 cm³/mol. The van der Waals surface area contributed by atoms with Gasteiger partial charge in [-0.1, -0.05) is 58.0 Å². The Morgan fingerprint density at radius 3 is 2.03 bits per heavy atom. The summed E-state index contributed by atoms with van der Waals surface area (Å²) in [6.45, 7) is 7.42. The number of nitrogens with one attached hydrogen (secondary N) is 3. The van der Waals surface area contributed by atoms with Crippen LogP contribution < -0.4 is 16.0 Å². The largest absolute Gasteiger partial charge is 0.467 e. The summed E-state index contributed by atoms with van der Waals surface area (Å²) in [5.74, 6) is -1.29. The van der Waals surface area contributed by atoms with Crippen LogP contribution in [0.1, 0.15) is 46.1 Å². The molecule has 9 nitrogen and oxygen atoms in total. The van der Waals surface area contributed by atoms with E-state index in [0.29, 0.717) is 12.8 Å². The normalized spacial score (nSPS) is 12.6. The fourth-order valence-electron chi connectivity index (χ4n) is 2.97. The van der Waals surface area contributed by atoms with E-state index in [1.165, 1.54) is 7.11 Å². The van der Waals surface area contributed by atoms with Gasteiger partial charge >= 0.3 is 12.1 Å². The topological polar surface area (TPSA) is 123 Å². The van der Waals surface area contributed by atoms with Crippen molar-refractivity contribution in [1.82, 2.24) is 16.0 Å². The molecule has 0 aliphatic rings. The number of ether oxygens (including phenoxy) is 2. The van der Waals surface area contributed by atoms with Gasteiger partial charge in [0.2, 0.25) is 11.8 Å². The highest BCUT2D eigenvalue weighted by molar-refractivity contribution is 5.91. The standard InChI is InChI=1S/C23H35N3O6/c1-15(2)11-18(21(28)26-19(12-16(3)4)22(29)31-5)25-20(27)13-24-23(30)32-14-17-9-7-6-8-10-17/h6-10,15-16,18-19H,11-14H2,1-5H3,(H,24,30)(H,25,27)(H,26,28)/t18-,19-/m0/s1. The Morgan fingerprint density at radius 2 is 1.47 bits per heavy atom. The highest BCUT2D eigenvalue weighted by Crippen LogP contribution is 2.09. The molecule has 1 aromatic rings. The number of carbonyl (C=O) groups is 4. The van der Waals surface area contributed by atoms with Crippen LogP contribution in [0.25, 0.3) is 0 Å². The summed E-state index contributed by atoms with van der Waals surface area (Å²) in [4.78, 5) is 48.9. The molecular formula is C23H35N3O6. The first kappa shape index (κ1) is 26.9. The Labute approximate surface area is 189 Å². The summed E-state index contributed by atoms with van der Waals surface area (Å²) in [6.07, 6.45) is 0.0396. The van der Waals surface area contributed by atoms with Gasteiger partial charge in [-0.25, -0.2) is 9.59 Å². The summed E-state index contributed by atoms with van der Waals surface area (Å²) in [7, 11) is 1.26. The highest BCUT2D eigenvalue weighted by Gasteiger charge is 2.28. The fourth-order valence-corrected chi connectivity index (χ4v) is 2.97. The van der Waals surface area contributed by atoms with Crippen molar-refractivity contribution in [3.63, 3.8) is 0 Å². The van der Waals surface area contributed by atoms with Crippen LogP contribution in [0, 0.1) is 11.8 Å². The third-order valence-corrected chi connectivity index (χ3v) is 4.47. The molecule has 1 rings (SSSR count). The maximum absolute atomic E-state index is 12.8. The predicted octanol–water partition coefficient (Wildman–Crippen LogP) is 2.15. The number of esters is 1. The first-order valence-electron chi connectivity index (χ1n) is 10.7. The van der Waals surface area contributed by atoms with Crippen LogP contribution in [0.2, 0.25) is 0 Å². The lowest BCUT2D eigenvalue weighted by molar-refractivity contribution is -0.145. The van der Waals surface area contributed by atoms with E-state index in [1.54, 1.807) is 0 Å². The van der Waals surface area contributed by atoms with Gasteiger partial charge in [-0.15, -0.1) is 0 Å². The monoisotopic (exact) mass is 449 g/mol. The van der Waals surface area contributed by atoms with Crippen molar-refractivity contribution in [3.05, 3.63) is 35.9 Å². The molecule has 0 aliphatic carbocycles. The quantitative estimate of drug-likeness (QED) is 0.420. The molecule has 0 heterocycles. The zero-order valence-corrected chi connectivity index (χ0v) is 19.5. The number of amides is 3. The minimum absolute atomic E-state index is 0.0808. The van der Waals surface area contributed by atoms with Gasteiger partial charge in [0.15, 0.2) is 0 Å². The van der Waals surface area contributed by atoms with Gasteiger partial charge in [0.05, 0.1) is 7.11 Å². The van der Waals surface area contributed by atoms with E-state index in [1.807, 2.05) is 58.0 Å². The van der Waals surface area contributed by atoms with E-state index in [9.17, 15) is 19.2 Å². The van der Waals surface area contributed by atoms with Crippen molar-refractivity contribution in [2.24, 2.45) is 11.8 Å². The molecular weight excluding hydrogens is 414 g/mol. The van der Waals surface area contributed by atoms with Crippen molar-refractivity contribution in [3.8, 4) is 0 Å².